The summed E-state index contributed by atoms with van der Waals surface area (Å²) in [5.74, 6) is 1.46. The van der Waals surface area contributed by atoms with E-state index in [9.17, 15) is 4.79 Å². The van der Waals surface area contributed by atoms with E-state index in [0.29, 0.717) is 18.4 Å². The first kappa shape index (κ1) is 18.3. The third-order valence-electron chi connectivity index (χ3n) is 6.91. The zero-order chi connectivity index (χ0) is 18.9. The molecule has 1 amide bonds. The highest BCUT2D eigenvalue weighted by Crippen LogP contribution is 2.32. The molecule has 1 aromatic carbocycles. The Morgan fingerprint density at radius 1 is 0.857 bits per heavy atom. The van der Waals surface area contributed by atoms with Gasteiger partial charge in [-0.2, -0.15) is 0 Å². The molecule has 0 aromatic heterocycles. The van der Waals surface area contributed by atoms with Crippen LogP contribution in [0.5, 0.6) is 11.5 Å². The van der Waals surface area contributed by atoms with E-state index < -0.39 is 6.10 Å². The van der Waals surface area contributed by atoms with Crippen molar-refractivity contribution in [2.24, 2.45) is 0 Å². The molecule has 0 bridgehead atoms. The van der Waals surface area contributed by atoms with Crippen molar-refractivity contribution in [1.82, 2.24) is 14.7 Å². The van der Waals surface area contributed by atoms with Crippen LogP contribution in [-0.2, 0) is 4.79 Å². The molecule has 1 aliphatic carbocycles. The predicted molar refractivity (Wildman–Crippen MR) is 107 cm³/mol. The Morgan fingerprint density at radius 3 is 2.21 bits per heavy atom. The number of ether oxygens (including phenoxy) is 2. The van der Waals surface area contributed by atoms with Crippen molar-refractivity contribution in [3.05, 3.63) is 24.3 Å². The fraction of sp³-hybridized carbons (Fsp3) is 0.682. The van der Waals surface area contributed by atoms with Gasteiger partial charge in [0.15, 0.2) is 11.5 Å². The minimum atomic E-state index is -0.515. The van der Waals surface area contributed by atoms with Gasteiger partial charge in [0.05, 0.1) is 0 Å². The maximum absolute atomic E-state index is 12.8. The van der Waals surface area contributed by atoms with Crippen molar-refractivity contribution < 1.29 is 14.3 Å². The van der Waals surface area contributed by atoms with E-state index in [2.05, 4.69) is 9.80 Å². The summed E-state index contributed by atoms with van der Waals surface area (Å²) in [6.07, 6.45) is 6.49. The zero-order valence-electron chi connectivity index (χ0n) is 16.6. The van der Waals surface area contributed by atoms with Crippen molar-refractivity contribution in [2.45, 2.75) is 50.3 Å². The monoisotopic (exact) mass is 385 g/mol. The average molecular weight is 386 g/mol. The first-order valence-electron chi connectivity index (χ1n) is 10.9. The second kappa shape index (κ2) is 7.91. The number of amides is 1. The van der Waals surface area contributed by atoms with Crippen LogP contribution in [0, 0.1) is 0 Å². The summed E-state index contributed by atoms with van der Waals surface area (Å²) >= 11 is 0. The molecule has 3 fully saturated rings. The summed E-state index contributed by atoms with van der Waals surface area (Å²) in [5, 5.41) is 0. The van der Waals surface area contributed by atoms with E-state index >= 15 is 0 Å². The molecule has 6 heteroatoms. The number of para-hydroxylation sites is 2. The molecule has 152 valence electrons. The number of likely N-dealkylation sites (tertiary alicyclic amines) is 1. The number of hydrogen-bond donors (Lipinski definition) is 0. The molecule has 28 heavy (non-hydrogen) atoms. The van der Waals surface area contributed by atoms with Gasteiger partial charge in [0.2, 0.25) is 6.10 Å². The Hall–Kier alpha value is -1.79. The summed E-state index contributed by atoms with van der Waals surface area (Å²) in [6.45, 7) is 6.60. The molecule has 0 spiro atoms. The topological polar surface area (TPSA) is 45.3 Å². The number of hydrogen-bond acceptors (Lipinski definition) is 5. The maximum Gasteiger partial charge on any atom is 0.267 e. The first-order valence-corrected chi connectivity index (χ1v) is 10.9. The van der Waals surface area contributed by atoms with E-state index in [1.165, 1.54) is 45.2 Å². The Labute approximate surface area is 167 Å². The van der Waals surface area contributed by atoms with Crippen LogP contribution < -0.4 is 9.47 Å². The standard InChI is InChI=1S/C22H31N3O3/c26-22(21-16-27-19-8-4-5-9-20(19)28-21)25-14-18(15-25)24-12-10-23(11-13-24)17-6-2-1-3-7-17/h4-5,8-9,17-18,21H,1-3,6-7,10-16H2. The van der Waals surface area contributed by atoms with Gasteiger partial charge in [-0.15, -0.1) is 0 Å². The number of carbonyl (C=O) groups is 1. The van der Waals surface area contributed by atoms with Gasteiger partial charge in [0.1, 0.15) is 6.61 Å². The third-order valence-corrected chi connectivity index (χ3v) is 6.91. The van der Waals surface area contributed by atoms with Gasteiger partial charge in [-0.05, 0) is 25.0 Å². The molecule has 1 aromatic rings. The van der Waals surface area contributed by atoms with Gasteiger partial charge in [0, 0.05) is 51.4 Å². The number of benzene rings is 1. The van der Waals surface area contributed by atoms with E-state index in [1.54, 1.807) is 0 Å². The van der Waals surface area contributed by atoms with Crippen LogP contribution in [0.15, 0.2) is 24.3 Å². The molecule has 6 nitrogen and oxygen atoms in total. The minimum Gasteiger partial charge on any atom is -0.485 e. The first-order chi connectivity index (χ1) is 13.8. The fourth-order valence-electron chi connectivity index (χ4n) is 5.12. The van der Waals surface area contributed by atoms with Crippen LogP contribution in [0.2, 0.25) is 0 Å². The lowest BCUT2D eigenvalue weighted by Crippen LogP contribution is -2.66. The molecular formula is C22H31N3O3. The summed E-state index contributed by atoms with van der Waals surface area (Å²) in [5.41, 5.74) is 0. The maximum atomic E-state index is 12.8. The normalized spacial score (nSPS) is 27.4. The van der Waals surface area contributed by atoms with E-state index in [1.807, 2.05) is 29.2 Å². The van der Waals surface area contributed by atoms with Crippen LogP contribution in [-0.4, -0.2) is 84.7 Å². The van der Waals surface area contributed by atoms with Crippen LogP contribution in [0.1, 0.15) is 32.1 Å². The van der Waals surface area contributed by atoms with Crippen LogP contribution in [0.25, 0.3) is 0 Å². The second-order valence-corrected chi connectivity index (χ2v) is 8.63. The van der Waals surface area contributed by atoms with Gasteiger partial charge in [-0.25, -0.2) is 0 Å². The molecule has 2 saturated heterocycles. The number of nitrogens with zero attached hydrogens (tertiary/aromatic N) is 3. The molecule has 4 aliphatic rings. The molecule has 0 radical (unpaired) electrons. The predicted octanol–water partition coefficient (Wildman–Crippen LogP) is 1.99. The number of rotatable bonds is 3. The lowest BCUT2D eigenvalue weighted by molar-refractivity contribution is -0.149. The average Bonchev–Trinajstić information content (AvgIpc) is 2.73. The van der Waals surface area contributed by atoms with Crippen molar-refractivity contribution in [1.29, 1.82) is 0 Å². The van der Waals surface area contributed by atoms with Gasteiger partial charge in [0.25, 0.3) is 5.91 Å². The number of fused-ring (bicyclic) bond motifs is 1. The minimum absolute atomic E-state index is 0.0617. The Kier molecular flexibility index (Phi) is 5.16. The van der Waals surface area contributed by atoms with Crippen molar-refractivity contribution in [2.75, 3.05) is 45.9 Å². The van der Waals surface area contributed by atoms with Crippen molar-refractivity contribution in [3.8, 4) is 11.5 Å². The lowest BCUT2D eigenvalue weighted by atomic mass is 9.93. The smallest absolute Gasteiger partial charge is 0.267 e. The lowest BCUT2D eigenvalue weighted by Gasteiger charge is -2.50. The number of carbonyl (C=O) groups excluding carboxylic acids is 1. The molecule has 0 N–H and O–H groups in total. The van der Waals surface area contributed by atoms with E-state index in [0.717, 1.165) is 38.0 Å². The van der Waals surface area contributed by atoms with Gasteiger partial charge in [-0.1, -0.05) is 31.4 Å². The van der Waals surface area contributed by atoms with Crippen LogP contribution in [0.3, 0.4) is 0 Å². The third kappa shape index (κ3) is 3.60. The summed E-state index contributed by atoms with van der Waals surface area (Å²) < 4.78 is 11.6. The summed E-state index contributed by atoms with van der Waals surface area (Å²) in [7, 11) is 0. The van der Waals surface area contributed by atoms with Crippen molar-refractivity contribution >= 4 is 5.91 Å². The highest BCUT2D eigenvalue weighted by molar-refractivity contribution is 5.82. The molecule has 1 atom stereocenters. The molecular weight excluding hydrogens is 354 g/mol. The molecule has 3 heterocycles. The van der Waals surface area contributed by atoms with Gasteiger partial charge in [-0.3, -0.25) is 14.6 Å². The Bertz CT molecular complexity index is 692. The van der Waals surface area contributed by atoms with E-state index in [-0.39, 0.29) is 5.91 Å². The molecule has 1 saturated carbocycles. The molecule has 1 unspecified atom stereocenters. The highest BCUT2D eigenvalue weighted by Gasteiger charge is 2.40. The van der Waals surface area contributed by atoms with Crippen molar-refractivity contribution in [3.63, 3.8) is 0 Å². The highest BCUT2D eigenvalue weighted by atomic mass is 16.6. The van der Waals surface area contributed by atoms with Crippen LogP contribution >= 0.6 is 0 Å². The SMILES string of the molecule is O=C(C1COc2ccccc2O1)N1CC(N2CCN(C3CCCCC3)CC2)C1. The summed E-state index contributed by atoms with van der Waals surface area (Å²) in [6, 6.07) is 8.89. The fourth-order valence-corrected chi connectivity index (χ4v) is 5.12. The largest absolute Gasteiger partial charge is 0.485 e. The second-order valence-electron chi connectivity index (χ2n) is 8.63. The quantitative estimate of drug-likeness (QED) is 0.796. The van der Waals surface area contributed by atoms with Crippen LogP contribution in [0.4, 0.5) is 0 Å². The van der Waals surface area contributed by atoms with Gasteiger partial charge < -0.3 is 14.4 Å². The molecule has 3 aliphatic heterocycles. The van der Waals surface area contributed by atoms with E-state index in [4.69, 9.17) is 9.47 Å². The molecule has 5 rings (SSSR count). The zero-order valence-corrected chi connectivity index (χ0v) is 16.6. The Morgan fingerprint density at radius 2 is 1.50 bits per heavy atom. The van der Waals surface area contributed by atoms with Gasteiger partial charge >= 0.3 is 0 Å². The summed E-state index contributed by atoms with van der Waals surface area (Å²) in [4.78, 5) is 20.0. The Balaban J connectivity index is 1.08. The number of piperazine rings is 1.